The quantitative estimate of drug-likeness (QED) is 0.696. The van der Waals surface area contributed by atoms with E-state index in [1.165, 1.54) is 29.6 Å². The summed E-state index contributed by atoms with van der Waals surface area (Å²) in [5, 5.41) is 3.98. The zero-order chi connectivity index (χ0) is 13.1. The molecule has 0 aromatic carbocycles. The standard InChI is InChI=1S/C10H11N7S2/c1-2-3-11-9-16-7-6(12-4-13-7)8(17-9)18-10-14-5-15-19-10/h4-5H,2-3H2,1H3,(H2,11,12,13,16,17). The first-order valence-corrected chi connectivity index (χ1v) is 7.35. The highest BCUT2D eigenvalue weighted by molar-refractivity contribution is 8.01. The predicted molar refractivity (Wildman–Crippen MR) is 74.5 cm³/mol. The summed E-state index contributed by atoms with van der Waals surface area (Å²) in [7, 11) is 0. The molecule has 3 rings (SSSR count). The summed E-state index contributed by atoms with van der Waals surface area (Å²) in [5.41, 5.74) is 1.47. The van der Waals surface area contributed by atoms with Crippen LogP contribution in [0.5, 0.6) is 0 Å². The van der Waals surface area contributed by atoms with Gasteiger partial charge in [-0.2, -0.15) is 9.36 Å². The fourth-order valence-corrected chi connectivity index (χ4v) is 2.93. The number of hydrogen-bond acceptors (Lipinski definition) is 8. The highest BCUT2D eigenvalue weighted by atomic mass is 32.2. The van der Waals surface area contributed by atoms with Crippen molar-refractivity contribution in [2.24, 2.45) is 0 Å². The van der Waals surface area contributed by atoms with Crippen molar-refractivity contribution < 1.29 is 0 Å². The number of aromatic nitrogens is 6. The highest BCUT2D eigenvalue weighted by Crippen LogP contribution is 2.31. The van der Waals surface area contributed by atoms with Crippen LogP contribution in [0, 0.1) is 0 Å². The van der Waals surface area contributed by atoms with Gasteiger partial charge in [-0.05, 0) is 29.7 Å². The predicted octanol–water partition coefficient (Wildman–Crippen LogP) is 2.18. The Kier molecular flexibility index (Phi) is 3.56. The molecule has 0 aliphatic rings. The van der Waals surface area contributed by atoms with Crippen molar-refractivity contribution >= 4 is 40.4 Å². The molecule has 0 spiro atoms. The Balaban J connectivity index is 1.97. The van der Waals surface area contributed by atoms with E-state index in [1.807, 2.05) is 0 Å². The van der Waals surface area contributed by atoms with E-state index in [1.54, 1.807) is 6.33 Å². The smallest absolute Gasteiger partial charge is 0.225 e. The maximum absolute atomic E-state index is 4.49. The first-order chi connectivity index (χ1) is 9.36. The van der Waals surface area contributed by atoms with Gasteiger partial charge in [0.15, 0.2) is 9.99 Å². The highest BCUT2D eigenvalue weighted by Gasteiger charge is 2.12. The molecule has 0 radical (unpaired) electrons. The molecule has 0 amide bonds. The average molecular weight is 293 g/mol. The lowest BCUT2D eigenvalue weighted by molar-refractivity contribution is 0.943. The van der Waals surface area contributed by atoms with Crippen LogP contribution in [0.25, 0.3) is 11.2 Å². The number of nitrogens with one attached hydrogen (secondary N) is 2. The molecule has 19 heavy (non-hydrogen) atoms. The van der Waals surface area contributed by atoms with Crippen molar-refractivity contribution in [3.8, 4) is 0 Å². The minimum Gasteiger partial charge on any atom is -0.354 e. The molecule has 0 bridgehead atoms. The Labute approximate surface area is 117 Å². The van der Waals surface area contributed by atoms with E-state index in [4.69, 9.17) is 0 Å². The SMILES string of the molecule is CCCNc1nc(Sc2ncns2)c2[nH]cnc2n1. The number of rotatable bonds is 5. The molecule has 9 heteroatoms. The lowest BCUT2D eigenvalue weighted by Crippen LogP contribution is -2.05. The first kappa shape index (κ1) is 12.3. The van der Waals surface area contributed by atoms with E-state index in [0.29, 0.717) is 11.6 Å². The van der Waals surface area contributed by atoms with E-state index in [2.05, 4.69) is 41.5 Å². The van der Waals surface area contributed by atoms with Gasteiger partial charge in [0.1, 0.15) is 16.9 Å². The number of H-pyrrole nitrogens is 1. The van der Waals surface area contributed by atoms with Gasteiger partial charge in [-0.25, -0.2) is 15.0 Å². The van der Waals surface area contributed by atoms with Crippen LogP contribution in [0.4, 0.5) is 5.95 Å². The van der Waals surface area contributed by atoms with Crippen molar-refractivity contribution in [1.29, 1.82) is 0 Å². The Morgan fingerprint density at radius 2 is 2.32 bits per heavy atom. The molecule has 0 saturated carbocycles. The van der Waals surface area contributed by atoms with Crippen LogP contribution in [0.15, 0.2) is 22.0 Å². The summed E-state index contributed by atoms with van der Waals surface area (Å²) in [6, 6.07) is 0. The van der Waals surface area contributed by atoms with Crippen molar-refractivity contribution in [2.45, 2.75) is 22.7 Å². The molecular weight excluding hydrogens is 282 g/mol. The summed E-state index contributed by atoms with van der Waals surface area (Å²) < 4.78 is 4.83. The largest absolute Gasteiger partial charge is 0.354 e. The van der Waals surface area contributed by atoms with Gasteiger partial charge in [0.05, 0.1) is 6.33 Å². The van der Waals surface area contributed by atoms with Gasteiger partial charge in [-0.15, -0.1) is 0 Å². The lowest BCUT2D eigenvalue weighted by atomic mass is 10.5. The van der Waals surface area contributed by atoms with E-state index < -0.39 is 0 Å². The molecule has 0 saturated heterocycles. The Hall–Kier alpha value is -1.74. The maximum atomic E-state index is 4.49. The molecule has 3 heterocycles. The lowest BCUT2D eigenvalue weighted by Gasteiger charge is -2.05. The molecule has 3 aromatic rings. The Morgan fingerprint density at radius 1 is 1.37 bits per heavy atom. The number of nitrogens with zero attached hydrogens (tertiary/aromatic N) is 5. The van der Waals surface area contributed by atoms with Crippen LogP contribution < -0.4 is 5.32 Å². The summed E-state index contributed by atoms with van der Waals surface area (Å²) in [6.07, 6.45) is 4.17. The van der Waals surface area contributed by atoms with Gasteiger partial charge >= 0.3 is 0 Å². The second kappa shape index (κ2) is 5.49. The second-order valence-corrected chi connectivity index (χ2v) is 5.71. The van der Waals surface area contributed by atoms with Gasteiger partial charge in [-0.1, -0.05) is 6.92 Å². The second-order valence-electron chi connectivity index (χ2n) is 3.69. The fourth-order valence-electron chi connectivity index (χ4n) is 1.49. The summed E-state index contributed by atoms with van der Waals surface area (Å²) in [4.78, 5) is 20.2. The molecule has 2 N–H and O–H groups in total. The average Bonchev–Trinajstić information content (AvgIpc) is 3.06. The molecule has 98 valence electrons. The molecule has 0 fully saturated rings. The van der Waals surface area contributed by atoms with E-state index in [9.17, 15) is 0 Å². The third kappa shape index (κ3) is 2.66. The molecule has 7 nitrogen and oxygen atoms in total. The molecule has 3 aromatic heterocycles. The van der Waals surface area contributed by atoms with Crippen LogP contribution in [-0.4, -0.2) is 35.8 Å². The van der Waals surface area contributed by atoms with Crippen LogP contribution in [0.1, 0.15) is 13.3 Å². The molecular formula is C10H11N7S2. The summed E-state index contributed by atoms with van der Waals surface area (Å²) in [6.45, 7) is 2.93. The third-order valence-corrected chi connectivity index (χ3v) is 4.01. The number of imidazole rings is 1. The van der Waals surface area contributed by atoms with E-state index in [-0.39, 0.29) is 0 Å². The van der Waals surface area contributed by atoms with Gasteiger partial charge in [0, 0.05) is 6.54 Å². The zero-order valence-electron chi connectivity index (χ0n) is 10.1. The minimum absolute atomic E-state index is 0.591. The van der Waals surface area contributed by atoms with Gasteiger partial charge in [-0.3, -0.25) is 0 Å². The number of fused-ring (bicyclic) bond motifs is 1. The third-order valence-electron chi connectivity index (χ3n) is 2.31. The molecule has 0 unspecified atom stereocenters. The van der Waals surface area contributed by atoms with Crippen LogP contribution in [0.3, 0.4) is 0 Å². The van der Waals surface area contributed by atoms with E-state index in [0.717, 1.165) is 27.8 Å². The normalized spacial score (nSPS) is 11.0. The van der Waals surface area contributed by atoms with Gasteiger partial charge in [0.2, 0.25) is 5.95 Å². The van der Waals surface area contributed by atoms with Gasteiger partial charge < -0.3 is 10.3 Å². The number of anilines is 1. The fraction of sp³-hybridized carbons (Fsp3) is 0.300. The van der Waals surface area contributed by atoms with E-state index >= 15 is 0 Å². The minimum atomic E-state index is 0.591. The zero-order valence-corrected chi connectivity index (χ0v) is 11.8. The van der Waals surface area contributed by atoms with Crippen molar-refractivity contribution in [1.82, 2.24) is 29.3 Å². The van der Waals surface area contributed by atoms with Gasteiger partial charge in [0.25, 0.3) is 0 Å². The van der Waals surface area contributed by atoms with Crippen molar-refractivity contribution in [3.05, 3.63) is 12.7 Å². The first-order valence-electron chi connectivity index (χ1n) is 5.76. The van der Waals surface area contributed by atoms with Crippen LogP contribution >= 0.6 is 23.3 Å². The Morgan fingerprint density at radius 3 is 3.11 bits per heavy atom. The van der Waals surface area contributed by atoms with Crippen molar-refractivity contribution in [3.63, 3.8) is 0 Å². The number of aromatic amines is 1. The van der Waals surface area contributed by atoms with Crippen LogP contribution in [0.2, 0.25) is 0 Å². The summed E-state index contributed by atoms with van der Waals surface area (Å²) >= 11 is 2.80. The Bertz CT molecular complexity index is 664. The van der Waals surface area contributed by atoms with Crippen LogP contribution in [-0.2, 0) is 0 Å². The molecule has 0 atom stereocenters. The van der Waals surface area contributed by atoms with Crippen molar-refractivity contribution in [2.75, 3.05) is 11.9 Å². The molecule has 0 aliphatic carbocycles. The number of hydrogen-bond donors (Lipinski definition) is 2. The molecule has 0 aliphatic heterocycles. The topological polar surface area (TPSA) is 92.3 Å². The maximum Gasteiger partial charge on any atom is 0.225 e. The summed E-state index contributed by atoms with van der Waals surface area (Å²) in [5.74, 6) is 0.591. The monoisotopic (exact) mass is 293 g/mol.